The molecule has 0 saturated carbocycles. The summed E-state index contributed by atoms with van der Waals surface area (Å²) in [5, 5.41) is 4.96. The van der Waals surface area contributed by atoms with Gasteiger partial charge in [-0.3, -0.25) is 4.79 Å². The number of hydrogen-bond donors (Lipinski definition) is 2. The van der Waals surface area contributed by atoms with Crippen molar-refractivity contribution in [2.45, 2.75) is 19.5 Å². The molecule has 5 nitrogen and oxygen atoms in total. The Kier molecular flexibility index (Phi) is 7.34. The van der Waals surface area contributed by atoms with Gasteiger partial charge in [0.2, 0.25) is 0 Å². The lowest BCUT2D eigenvalue weighted by Gasteiger charge is -2.14. The predicted molar refractivity (Wildman–Crippen MR) is 86.0 cm³/mol. The zero-order chi connectivity index (χ0) is 16.1. The van der Waals surface area contributed by atoms with Crippen LogP contribution in [0.25, 0.3) is 0 Å². The van der Waals surface area contributed by atoms with Gasteiger partial charge in [-0.25, -0.2) is 13.8 Å². The molecular formula is C14H16ClF2N3O2S. The average Bonchev–Trinajstić information content (AvgIpc) is 2.95. The zero-order valence-corrected chi connectivity index (χ0v) is 13.8. The second-order valence-corrected chi connectivity index (χ2v) is 5.53. The molecule has 1 heterocycles. The Hall–Kier alpha value is -1.77. The standard InChI is InChI=1S/C14H15F2N3O2S.ClH/c1-8(6-21-12-3-2-9(15)4-10(12)16)18-14(20)11-7-22-13(5-17)19-11;/h2-4,7-8H,5-6,17H2,1H3,(H,18,20);1H. The lowest BCUT2D eigenvalue weighted by Crippen LogP contribution is -2.37. The van der Waals surface area contributed by atoms with Crippen LogP contribution >= 0.6 is 23.7 Å². The molecule has 0 radical (unpaired) electrons. The van der Waals surface area contributed by atoms with Crippen LogP contribution in [0.2, 0.25) is 0 Å². The number of benzene rings is 1. The molecule has 9 heteroatoms. The molecule has 1 amide bonds. The number of hydrogen-bond acceptors (Lipinski definition) is 5. The highest BCUT2D eigenvalue weighted by Crippen LogP contribution is 2.17. The van der Waals surface area contributed by atoms with Crippen LogP contribution in [0.1, 0.15) is 22.4 Å². The molecule has 0 aliphatic rings. The lowest BCUT2D eigenvalue weighted by atomic mass is 10.3. The summed E-state index contributed by atoms with van der Waals surface area (Å²) in [7, 11) is 0. The number of halogens is 3. The molecule has 2 rings (SSSR count). The summed E-state index contributed by atoms with van der Waals surface area (Å²) in [6.07, 6.45) is 0. The van der Waals surface area contributed by atoms with Crippen molar-refractivity contribution in [1.82, 2.24) is 10.3 Å². The first-order chi connectivity index (χ1) is 10.5. The van der Waals surface area contributed by atoms with Crippen molar-refractivity contribution in [2.75, 3.05) is 6.61 Å². The number of nitrogens with two attached hydrogens (primary N) is 1. The third kappa shape index (κ3) is 5.42. The van der Waals surface area contributed by atoms with Gasteiger partial charge in [0, 0.05) is 18.0 Å². The number of thiazole rings is 1. The van der Waals surface area contributed by atoms with Crippen molar-refractivity contribution in [3.63, 3.8) is 0 Å². The average molecular weight is 364 g/mol. The molecule has 1 aromatic carbocycles. The summed E-state index contributed by atoms with van der Waals surface area (Å²) in [6, 6.07) is 2.67. The number of carbonyl (C=O) groups is 1. The van der Waals surface area contributed by atoms with Crippen LogP contribution < -0.4 is 15.8 Å². The highest BCUT2D eigenvalue weighted by molar-refractivity contribution is 7.09. The Balaban J connectivity index is 0.00000264. The number of nitrogens with one attached hydrogen (secondary N) is 1. The molecule has 3 N–H and O–H groups in total. The van der Waals surface area contributed by atoms with E-state index in [-0.39, 0.29) is 49.0 Å². The molecule has 0 saturated heterocycles. The van der Waals surface area contributed by atoms with Crippen molar-refractivity contribution in [3.8, 4) is 5.75 Å². The van der Waals surface area contributed by atoms with Crippen LogP contribution in [0.5, 0.6) is 5.75 Å². The maximum atomic E-state index is 13.4. The Bertz CT molecular complexity index is 669. The number of ether oxygens (including phenoxy) is 1. The minimum absolute atomic E-state index is 0. The predicted octanol–water partition coefficient (Wildman–Crippen LogP) is 2.50. The minimum Gasteiger partial charge on any atom is -0.488 e. The van der Waals surface area contributed by atoms with Crippen molar-refractivity contribution >= 4 is 29.7 Å². The number of aromatic nitrogens is 1. The van der Waals surface area contributed by atoms with Crippen LogP contribution in [-0.4, -0.2) is 23.5 Å². The van der Waals surface area contributed by atoms with Gasteiger partial charge in [0.05, 0.1) is 6.04 Å². The third-order valence-corrected chi connectivity index (χ3v) is 3.59. The van der Waals surface area contributed by atoms with Gasteiger partial charge < -0.3 is 15.8 Å². The fourth-order valence-corrected chi connectivity index (χ4v) is 2.31. The normalized spacial score (nSPS) is 11.5. The van der Waals surface area contributed by atoms with E-state index in [1.807, 2.05) is 0 Å². The summed E-state index contributed by atoms with van der Waals surface area (Å²) in [5.41, 5.74) is 5.72. The van der Waals surface area contributed by atoms with Gasteiger partial charge in [0.1, 0.15) is 23.1 Å². The second kappa shape index (κ2) is 8.76. The highest BCUT2D eigenvalue weighted by Gasteiger charge is 2.14. The van der Waals surface area contributed by atoms with E-state index in [1.165, 1.54) is 17.4 Å². The first-order valence-corrected chi connectivity index (χ1v) is 7.40. The van der Waals surface area contributed by atoms with Gasteiger partial charge in [-0.1, -0.05) is 0 Å². The van der Waals surface area contributed by atoms with Gasteiger partial charge in [0.25, 0.3) is 5.91 Å². The molecule has 1 aromatic heterocycles. The number of carbonyl (C=O) groups excluding carboxylic acids is 1. The maximum Gasteiger partial charge on any atom is 0.271 e. The molecule has 126 valence electrons. The maximum absolute atomic E-state index is 13.4. The van der Waals surface area contributed by atoms with Gasteiger partial charge in [0.15, 0.2) is 11.6 Å². The van der Waals surface area contributed by atoms with E-state index >= 15 is 0 Å². The Morgan fingerprint density at radius 3 is 2.83 bits per heavy atom. The number of rotatable bonds is 6. The Morgan fingerprint density at radius 1 is 1.48 bits per heavy atom. The van der Waals surface area contributed by atoms with Crippen molar-refractivity contribution in [2.24, 2.45) is 5.73 Å². The molecule has 1 unspecified atom stereocenters. The molecule has 1 atom stereocenters. The quantitative estimate of drug-likeness (QED) is 0.826. The first-order valence-electron chi connectivity index (χ1n) is 6.52. The highest BCUT2D eigenvalue weighted by atomic mass is 35.5. The van der Waals surface area contributed by atoms with Gasteiger partial charge >= 0.3 is 0 Å². The molecule has 23 heavy (non-hydrogen) atoms. The third-order valence-electron chi connectivity index (χ3n) is 2.72. The summed E-state index contributed by atoms with van der Waals surface area (Å²) >= 11 is 1.31. The lowest BCUT2D eigenvalue weighted by molar-refractivity contribution is 0.0921. The monoisotopic (exact) mass is 363 g/mol. The van der Waals surface area contributed by atoms with E-state index in [0.29, 0.717) is 5.01 Å². The minimum atomic E-state index is -0.786. The fourth-order valence-electron chi connectivity index (χ4n) is 1.66. The Labute approximate surface area is 142 Å². The molecule has 0 fully saturated rings. The first kappa shape index (κ1) is 19.3. The van der Waals surface area contributed by atoms with E-state index in [9.17, 15) is 13.6 Å². The van der Waals surface area contributed by atoms with E-state index in [2.05, 4.69) is 10.3 Å². The summed E-state index contributed by atoms with van der Waals surface area (Å²) in [5.74, 6) is -1.88. The molecule has 0 bridgehead atoms. The zero-order valence-electron chi connectivity index (χ0n) is 12.2. The largest absolute Gasteiger partial charge is 0.488 e. The van der Waals surface area contributed by atoms with Gasteiger partial charge in [-0.15, -0.1) is 23.7 Å². The van der Waals surface area contributed by atoms with E-state index in [1.54, 1.807) is 12.3 Å². The van der Waals surface area contributed by atoms with Crippen LogP contribution in [0.3, 0.4) is 0 Å². The van der Waals surface area contributed by atoms with Crippen molar-refractivity contribution in [1.29, 1.82) is 0 Å². The molecule has 0 spiro atoms. The van der Waals surface area contributed by atoms with E-state index in [0.717, 1.165) is 12.1 Å². The summed E-state index contributed by atoms with van der Waals surface area (Å²) in [4.78, 5) is 16.0. The Morgan fingerprint density at radius 2 is 2.22 bits per heavy atom. The molecular weight excluding hydrogens is 348 g/mol. The SMILES string of the molecule is CC(COc1ccc(F)cc1F)NC(=O)c1csc(CN)n1.Cl. The number of amides is 1. The van der Waals surface area contributed by atoms with Crippen LogP contribution in [0.15, 0.2) is 23.6 Å². The van der Waals surface area contributed by atoms with Gasteiger partial charge in [-0.2, -0.15) is 0 Å². The van der Waals surface area contributed by atoms with Crippen LogP contribution in [0.4, 0.5) is 8.78 Å². The molecule has 2 aromatic rings. The smallest absolute Gasteiger partial charge is 0.271 e. The molecule has 0 aliphatic carbocycles. The second-order valence-electron chi connectivity index (χ2n) is 4.59. The number of nitrogens with zero attached hydrogens (tertiary/aromatic N) is 1. The van der Waals surface area contributed by atoms with E-state index < -0.39 is 11.6 Å². The van der Waals surface area contributed by atoms with Crippen molar-refractivity contribution in [3.05, 3.63) is 45.9 Å². The van der Waals surface area contributed by atoms with Gasteiger partial charge in [-0.05, 0) is 19.1 Å². The van der Waals surface area contributed by atoms with Crippen LogP contribution in [-0.2, 0) is 6.54 Å². The van der Waals surface area contributed by atoms with E-state index in [4.69, 9.17) is 10.5 Å². The summed E-state index contributed by atoms with van der Waals surface area (Å²) < 4.78 is 31.4. The topological polar surface area (TPSA) is 77.2 Å². The molecule has 0 aliphatic heterocycles. The van der Waals surface area contributed by atoms with Crippen molar-refractivity contribution < 1.29 is 18.3 Å². The fraction of sp³-hybridized carbons (Fsp3) is 0.286. The van der Waals surface area contributed by atoms with Crippen LogP contribution in [0, 0.1) is 11.6 Å². The summed E-state index contributed by atoms with van der Waals surface area (Å²) in [6.45, 7) is 2.03.